The van der Waals surface area contributed by atoms with Gasteiger partial charge >= 0.3 is 5.97 Å². The molecule has 0 saturated carbocycles. The molecule has 0 heterocycles. The van der Waals surface area contributed by atoms with E-state index in [1.165, 1.54) is 0 Å². The van der Waals surface area contributed by atoms with E-state index in [-0.39, 0.29) is 0 Å². The highest BCUT2D eigenvalue weighted by Crippen LogP contribution is 2.35. The average Bonchev–Trinajstić information content (AvgIpc) is 2.65. The van der Waals surface area contributed by atoms with Crippen LogP contribution in [-0.2, 0) is 0 Å². The van der Waals surface area contributed by atoms with Gasteiger partial charge in [-0.3, -0.25) is 0 Å². The molecule has 152 valence electrons. The lowest BCUT2D eigenvalue weighted by Gasteiger charge is -2.34. The average molecular weight is 391 g/mol. The molecule has 0 aromatic heterocycles. The van der Waals surface area contributed by atoms with Gasteiger partial charge in [0.05, 0.1) is 6.92 Å². The molecule has 3 nitrogen and oxygen atoms in total. The molecule has 0 aliphatic rings. The lowest BCUT2D eigenvalue weighted by molar-refractivity contribution is -0.239. The van der Waals surface area contributed by atoms with E-state index in [4.69, 9.17) is 14.2 Å². The number of rotatable bonds is 6. The third kappa shape index (κ3) is 4.56. The van der Waals surface area contributed by atoms with E-state index in [2.05, 4.69) is 0 Å². The van der Waals surface area contributed by atoms with Gasteiger partial charge in [-0.2, -0.15) is 0 Å². The fourth-order valence-electron chi connectivity index (χ4n) is 3.50. The number of benzene rings is 3. The van der Waals surface area contributed by atoms with Crippen LogP contribution in [0.15, 0.2) is 54.6 Å². The predicted molar refractivity (Wildman–Crippen MR) is 118 cm³/mol. The van der Waals surface area contributed by atoms with Crippen LogP contribution in [0.25, 0.3) is 0 Å². The molecule has 0 aliphatic heterocycles. The molecule has 0 fully saturated rings. The Morgan fingerprint density at radius 2 is 0.655 bits per heavy atom. The fraction of sp³-hybridized carbons (Fsp3) is 0.308. The summed E-state index contributed by atoms with van der Waals surface area (Å²) >= 11 is 0. The molecule has 3 aromatic carbocycles. The monoisotopic (exact) mass is 390 g/mol. The fourth-order valence-corrected chi connectivity index (χ4v) is 3.50. The Balaban J connectivity index is 2.07. The van der Waals surface area contributed by atoms with Crippen molar-refractivity contribution < 1.29 is 14.2 Å². The summed E-state index contributed by atoms with van der Waals surface area (Å²) in [5.74, 6) is 0.970. The van der Waals surface area contributed by atoms with Crippen LogP contribution in [-0.4, -0.2) is 5.97 Å². The van der Waals surface area contributed by atoms with Gasteiger partial charge in [-0.15, -0.1) is 0 Å². The van der Waals surface area contributed by atoms with E-state index in [1.807, 2.05) is 103 Å². The van der Waals surface area contributed by atoms with Crippen molar-refractivity contribution in [2.24, 2.45) is 0 Å². The molecule has 0 radical (unpaired) electrons. The van der Waals surface area contributed by atoms with Gasteiger partial charge in [0.2, 0.25) is 0 Å². The summed E-state index contributed by atoms with van der Waals surface area (Å²) in [7, 11) is 0. The van der Waals surface area contributed by atoms with Gasteiger partial charge in [-0.25, -0.2) is 0 Å². The summed E-state index contributed by atoms with van der Waals surface area (Å²) in [5.41, 5.74) is 6.20. The van der Waals surface area contributed by atoms with Gasteiger partial charge in [0.1, 0.15) is 17.2 Å². The van der Waals surface area contributed by atoms with Crippen molar-refractivity contribution in [2.75, 3.05) is 0 Å². The normalized spacial score (nSPS) is 11.3. The zero-order chi connectivity index (χ0) is 21.2. The van der Waals surface area contributed by atoms with Gasteiger partial charge in [0.25, 0.3) is 0 Å². The molecule has 3 rings (SSSR count). The highest BCUT2D eigenvalue weighted by atomic mass is 16.9. The van der Waals surface area contributed by atoms with Gasteiger partial charge in [0.15, 0.2) is 0 Å². The van der Waals surface area contributed by atoms with E-state index in [9.17, 15) is 0 Å². The summed E-state index contributed by atoms with van der Waals surface area (Å²) in [6.07, 6.45) is 0. The van der Waals surface area contributed by atoms with Gasteiger partial charge < -0.3 is 14.2 Å². The number of hydrogen-bond donors (Lipinski definition) is 0. The number of aryl methyl sites for hydroxylation is 6. The smallest absolute Gasteiger partial charge is 0.414 e. The Morgan fingerprint density at radius 3 is 0.862 bits per heavy atom. The van der Waals surface area contributed by atoms with Gasteiger partial charge in [0, 0.05) is 0 Å². The Bertz CT molecular complexity index is 830. The standard InChI is InChI=1S/C26H30O3/c1-17-11-8-12-18(2)23(17)27-26(7,28-24-19(3)13-9-14-20(24)4)29-25-21(5)15-10-16-22(25)6/h8-16H,1-7H3. The van der Waals surface area contributed by atoms with Crippen molar-refractivity contribution in [1.82, 2.24) is 0 Å². The second-order valence-corrected chi connectivity index (χ2v) is 7.83. The van der Waals surface area contributed by atoms with Crippen molar-refractivity contribution in [3.8, 4) is 17.2 Å². The maximum absolute atomic E-state index is 6.45. The second-order valence-electron chi connectivity index (χ2n) is 7.83. The summed E-state index contributed by atoms with van der Waals surface area (Å²) in [4.78, 5) is 0. The number of hydrogen-bond acceptors (Lipinski definition) is 3. The van der Waals surface area contributed by atoms with Crippen molar-refractivity contribution in [2.45, 2.75) is 54.4 Å². The van der Waals surface area contributed by atoms with E-state index in [0.717, 1.165) is 50.6 Å². The molecule has 0 N–H and O–H groups in total. The van der Waals surface area contributed by atoms with Gasteiger partial charge in [-0.1, -0.05) is 54.6 Å². The largest absolute Gasteiger partial charge is 0.420 e. The lowest BCUT2D eigenvalue weighted by atomic mass is 10.1. The molecular formula is C26H30O3. The van der Waals surface area contributed by atoms with Crippen molar-refractivity contribution >= 4 is 0 Å². The third-order valence-electron chi connectivity index (χ3n) is 5.09. The molecule has 29 heavy (non-hydrogen) atoms. The van der Waals surface area contributed by atoms with E-state index < -0.39 is 5.97 Å². The maximum atomic E-state index is 6.45. The molecule has 0 amide bonds. The van der Waals surface area contributed by atoms with Crippen LogP contribution in [0.2, 0.25) is 0 Å². The minimum absolute atomic E-state index is 0.771. The Labute approximate surface area is 174 Å². The molecule has 0 unspecified atom stereocenters. The highest BCUT2D eigenvalue weighted by Gasteiger charge is 2.35. The first kappa shape index (κ1) is 20.8. The Kier molecular flexibility index (Phi) is 5.88. The predicted octanol–water partition coefficient (Wildman–Crippen LogP) is 6.75. The van der Waals surface area contributed by atoms with E-state index in [0.29, 0.717) is 0 Å². The summed E-state index contributed by atoms with van der Waals surface area (Å²) < 4.78 is 19.3. The Hall–Kier alpha value is -2.94. The minimum Gasteiger partial charge on any atom is -0.420 e. The third-order valence-corrected chi connectivity index (χ3v) is 5.09. The van der Waals surface area contributed by atoms with Crippen LogP contribution in [0.5, 0.6) is 17.2 Å². The summed E-state index contributed by atoms with van der Waals surface area (Å²) in [5, 5.41) is 0. The lowest BCUT2D eigenvalue weighted by Crippen LogP contribution is -2.46. The maximum Gasteiger partial charge on any atom is 0.414 e. The SMILES string of the molecule is Cc1cccc(C)c1OC(C)(Oc1c(C)cccc1C)Oc1c(C)cccc1C. The first-order valence-electron chi connectivity index (χ1n) is 9.96. The Morgan fingerprint density at radius 1 is 0.448 bits per heavy atom. The zero-order valence-electron chi connectivity index (χ0n) is 18.4. The number of para-hydroxylation sites is 3. The molecule has 0 saturated heterocycles. The molecular weight excluding hydrogens is 360 g/mol. The van der Waals surface area contributed by atoms with Crippen molar-refractivity contribution in [3.05, 3.63) is 88.0 Å². The van der Waals surface area contributed by atoms with Crippen LogP contribution in [0.3, 0.4) is 0 Å². The molecule has 0 atom stereocenters. The molecule has 3 heteroatoms. The first-order chi connectivity index (χ1) is 13.7. The van der Waals surface area contributed by atoms with E-state index in [1.54, 1.807) is 0 Å². The molecule has 0 aliphatic carbocycles. The minimum atomic E-state index is -1.34. The van der Waals surface area contributed by atoms with E-state index >= 15 is 0 Å². The number of ether oxygens (including phenoxy) is 3. The molecule has 3 aromatic rings. The molecule has 0 spiro atoms. The van der Waals surface area contributed by atoms with Crippen LogP contribution >= 0.6 is 0 Å². The highest BCUT2D eigenvalue weighted by molar-refractivity contribution is 5.43. The quantitative estimate of drug-likeness (QED) is 0.436. The van der Waals surface area contributed by atoms with Crippen LogP contribution < -0.4 is 14.2 Å². The second kappa shape index (κ2) is 8.20. The van der Waals surface area contributed by atoms with Crippen LogP contribution in [0.1, 0.15) is 40.3 Å². The van der Waals surface area contributed by atoms with Crippen molar-refractivity contribution in [1.29, 1.82) is 0 Å². The summed E-state index contributed by atoms with van der Waals surface area (Å²) in [6, 6.07) is 18.2. The topological polar surface area (TPSA) is 27.7 Å². The molecule has 0 bridgehead atoms. The van der Waals surface area contributed by atoms with Crippen LogP contribution in [0, 0.1) is 41.5 Å². The zero-order valence-corrected chi connectivity index (χ0v) is 18.4. The van der Waals surface area contributed by atoms with Crippen molar-refractivity contribution in [3.63, 3.8) is 0 Å². The first-order valence-corrected chi connectivity index (χ1v) is 9.96. The van der Waals surface area contributed by atoms with Crippen LogP contribution in [0.4, 0.5) is 0 Å². The summed E-state index contributed by atoms with van der Waals surface area (Å²) in [6.45, 7) is 14.0. The van der Waals surface area contributed by atoms with Gasteiger partial charge in [-0.05, 0) is 74.9 Å².